The second-order valence-electron chi connectivity index (χ2n) is 4.87. The molecule has 0 spiro atoms. The number of nitrogens with zero attached hydrogens (tertiary/aromatic N) is 4. The number of amides is 1. The third-order valence-electron chi connectivity index (χ3n) is 3.50. The summed E-state index contributed by atoms with van der Waals surface area (Å²) in [5.74, 6) is -0.107. The molecule has 0 saturated carbocycles. The van der Waals surface area contributed by atoms with E-state index in [2.05, 4.69) is 0 Å². The predicted molar refractivity (Wildman–Crippen MR) is 72.3 cm³/mol. The van der Waals surface area contributed by atoms with Gasteiger partial charge in [0.05, 0.1) is 37.6 Å². The summed E-state index contributed by atoms with van der Waals surface area (Å²) in [5, 5.41) is 17.2. The van der Waals surface area contributed by atoms with Crippen molar-refractivity contribution in [2.24, 2.45) is 0 Å². The first-order valence-electron chi connectivity index (χ1n) is 6.94. The van der Waals surface area contributed by atoms with Gasteiger partial charge in [-0.05, 0) is 19.4 Å². The molecule has 1 unspecified atom stereocenters. The minimum atomic E-state index is -0.179. The molecule has 0 radical (unpaired) electrons. The van der Waals surface area contributed by atoms with Gasteiger partial charge in [0, 0.05) is 13.1 Å². The Balaban J connectivity index is 2.57. The Morgan fingerprint density at radius 2 is 1.90 bits per heavy atom. The average molecular weight is 276 g/mol. The highest BCUT2D eigenvalue weighted by molar-refractivity contribution is 5.79. The van der Waals surface area contributed by atoms with Crippen LogP contribution in [0.5, 0.6) is 0 Å². The summed E-state index contributed by atoms with van der Waals surface area (Å²) in [5.41, 5.74) is 0. The Morgan fingerprint density at radius 3 is 2.45 bits per heavy atom. The van der Waals surface area contributed by atoms with Crippen molar-refractivity contribution in [3.63, 3.8) is 0 Å². The monoisotopic (exact) mass is 276 g/mol. The number of rotatable bonds is 7. The smallest absolute Gasteiger partial charge is 0.236 e. The van der Waals surface area contributed by atoms with Crippen LogP contribution in [0.3, 0.4) is 0 Å². The zero-order valence-corrected chi connectivity index (χ0v) is 11.6. The molecule has 0 aromatic rings. The maximum atomic E-state index is 12.2. The van der Waals surface area contributed by atoms with E-state index in [1.165, 1.54) is 0 Å². The largest absolute Gasteiger partial charge is 0.340 e. The molecule has 1 aliphatic heterocycles. The van der Waals surface area contributed by atoms with E-state index in [1.807, 2.05) is 17.0 Å². The van der Waals surface area contributed by atoms with Crippen LogP contribution in [0.25, 0.3) is 0 Å². The van der Waals surface area contributed by atoms with Gasteiger partial charge in [0.2, 0.25) is 5.91 Å². The first-order valence-corrected chi connectivity index (χ1v) is 6.94. The standard InChI is InChI=1S/C14H20N4O2/c15-6-3-9-17(10-4-7-16)14(20)11-18-8-2-1-5-13(18)12-19/h12-13H,1-5,8-11H2. The molecule has 108 valence electrons. The van der Waals surface area contributed by atoms with Gasteiger partial charge >= 0.3 is 0 Å². The van der Waals surface area contributed by atoms with Gasteiger partial charge in [0.15, 0.2) is 0 Å². The second kappa shape index (κ2) is 9.06. The van der Waals surface area contributed by atoms with Crippen molar-refractivity contribution in [2.75, 3.05) is 26.2 Å². The Hall–Kier alpha value is -1.92. The molecular formula is C14H20N4O2. The quantitative estimate of drug-likeness (QED) is 0.638. The first-order chi connectivity index (χ1) is 9.72. The number of piperidine rings is 1. The summed E-state index contributed by atoms with van der Waals surface area (Å²) in [4.78, 5) is 26.7. The van der Waals surface area contributed by atoms with E-state index in [0.717, 1.165) is 32.1 Å². The highest BCUT2D eigenvalue weighted by atomic mass is 16.2. The van der Waals surface area contributed by atoms with Crippen LogP contribution in [0.2, 0.25) is 0 Å². The fourth-order valence-electron chi connectivity index (χ4n) is 2.37. The van der Waals surface area contributed by atoms with Crippen LogP contribution >= 0.6 is 0 Å². The number of hydrogen-bond acceptors (Lipinski definition) is 5. The Morgan fingerprint density at radius 1 is 1.25 bits per heavy atom. The molecule has 1 fully saturated rings. The van der Waals surface area contributed by atoms with E-state index < -0.39 is 0 Å². The number of nitriles is 2. The van der Waals surface area contributed by atoms with E-state index in [4.69, 9.17) is 10.5 Å². The van der Waals surface area contributed by atoms with Crippen LogP contribution in [-0.4, -0.2) is 54.2 Å². The third-order valence-corrected chi connectivity index (χ3v) is 3.50. The topological polar surface area (TPSA) is 88.2 Å². The summed E-state index contributed by atoms with van der Waals surface area (Å²) in [7, 11) is 0. The van der Waals surface area contributed by atoms with Crippen molar-refractivity contribution in [1.82, 2.24) is 9.80 Å². The lowest BCUT2D eigenvalue weighted by molar-refractivity contribution is -0.133. The van der Waals surface area contributed by atoms with Gasteiger partial charge in [-0.2, -0.15) is 10.5 Å². The van der Waals surface area contributed by atoms with E-state index in [9.17, 15) is 9.59 Å². The molecule has 1 aliphatic rings. The SMILES string of the molecule is N#CCCN(CCC#N)C(=O)CN1CCCCC1C=O. The average Bonchev–Trinajstić information content (AvgIpc) is 2.47. The second-order valence-corrected chi connectivity index (χ2v) is 4.87. The highest BCUT2D eigenvalue weighted by Gasteiger charge is 2.25. The number of hydrogen-bond donors (Lipinski definition) is 0. The van der Waals surface area contributed by atoms with Crippen molar-refractivity contribution in [2.45, 2.75) is 38.1 Å². The molecule has 1 heterocycles. The number of likely N-dealkylation sites (tertiary alicyclic amines) is 1. The maximum Gasteiger partial charge on any atom is 0.236 e. The molecule has 0 bridgehead atoms. The van der Waals surface area contributed by atoms with Crippen LogP contribution in [0, 0.1) is 22.7 Å². The van der Waals surface area contributed by atoms with Gasteiger partial charge in [-0.1, -0.05) is 6.42 Å². The molecule has 1 atom stereocenters. The van der Waals surface area contributed by atoms with E-state index in [0.29, 0.717) is 13.1 Å². The third kappa shape index (κ3) is 4.99. The van der Waals surface area contributed by atoms with Gasteiger partial charge in [0.1, 0.15) is 6.29 Å². The maximum absolute atomic E-state index is 12.2. The van der Waals surface area contributed by atoms with Crippen LogP contribution in [0.1, 0.15) is 32.1 Å². The molecule has 1 saturated heterocycles. The lowest BCUT2D eigenvalue weighted by Gasteiger charge is -2.33. The Kier molecular flexibility index (Phi) is 7.31. The molecule has 0 aliphatic carbocycles. The molecule has 1 amide bonds. The van der Waals surface area contributed by atoms with Gasteiger partial charge in [-0.3, -0.25) is 9.69 Å². The van der Waals surface area contributed by atoms with Crippen LogP contribution < -0.4 is 0 Å². The van der Waals surface area contributed by atoms with Gasteiger partial charge < -0.3 is 9.69 Å². The van der Waals surface area contributed by atoms with Crippen LogP contribution in [0.4, 0.5) is 0 Å². The molecule has 6 heteroatoms. The predicted octanol–water partition coefficient (Wildman–Crippen LogP) is 0.696. The zero-order chi connectivity index (χ0) is 14.8. The summed E-state index contributed by atoms with van der Waals surface area (Å²) < 4.78 is 0. The molecular weight excluding hydrogens is 256 g/mol. The molecule has 0 N–H and O–H groups in total. The van der Waals surface area contributed by atoms with E-state index in [-0.39, 0.29) is 31.3 Å². The zero-order valence-electron chi connectivity index (χ0n) is 11.6. The van der Waals surface area contributed by atoms with Gasteiger partial charge in [0.25, 0.3) is 0 Å². The van der Waals surface area contributed by atoms with Crippen molar-refractivity contribution < 1.29 is 9.59 Å². The van der Waals surface area contributed by atoms with Crippen molar-refractivity contribution in [3.05, 3.63) is 0 Å². The summed E-state index contributed by atoms with van der Waals surface area (Å²) in [6, 6.07) is 3.83. The van der Waals surface area contributed by atoms with E-state index in [1.54, 1.807) is 4.90 Å². The van der Waals surface area contributed by atoms with Crippen LogP contribution in [0.15, 0.2) is 0 Å². The Bertz CT molecular complexity index is 392. The molecule has 0 aromatic heterocycles. The number of aldehydes is 1. The number of carbonyl (C=O) groups excluding carboxylic acids is 2. The number of carbonyl (C=O) groups is 2. The van der Waals surface area contributed by atoms with E-state index >= 15 is 0 Å². The lowest BCUT2D eigenvalue weighted by atomic mass is 10.0. The van der Waals surface area contributed by atoms with Crippen molar-refractivity contribution >= 4 is 12.2 Å². The van der Waals surface area contributed by atoms with Gasteiger partial charge in [-0.25, -0.2) is 0 Å². The summed E-state index contributed by atoms with van der Waals surface area (Å²) in [6.45, 7) is 1.63. The molecule has 6 nitrogen and oxygen atoms in total. The normalized spacial score (nSPS) is 18.8. The fraction of sp³-hybridized carbons (Fsp3) is 0.714. The minimum absolute atomic E-state index is 0.107. The van der Waals surface area contributed by atoms with Gasteiger partial charge in [-0.15, -0.1) is 0 Å². The highest BCUT2D eigenvalue weighted by Crippen LogP contribution is 2.15. The fourth-order valence-corrected chi connectivity index (χ4v) is 2.37. The molecule has 0 aromatic carbocycles. The minimum Gasteiger partial charge on any atom is -0.340 e. The van der Waals surface area contributed by atoms with Crippen molar-refractivity contribution in [1.29, 1.82) is 10.5 Å². The molecule has 1 rings (SSSR count). The first kappa shape index (κ1) is 16.1. The van der Waals surface area contributed by atoms with Crippen LogP contribution in [-0.2, 0) is 9.59 Å². The summed E-state index contributed by atoms with van der Waals surface area (Å²) >= 11 is 0. The molecule has 20 heavy (non-hydrogen) atoms. The summed E-state index contributed by atoms with van der Waals surface area (Å²) in [6.07, 6.45) is 4.23. The Labute approximate surface area is 119 Å². The lowest BCUT2D eigenvalue weighted by Crippen LogP contribution is -2.47. The van der Waals surface area contributed by atoms with Crippen molar-refractivity contribution in [3.8, 4) is 12.1 Å².